The Morgan fingerprint density at radius 2 is 2.36 bits per heavy atom. The van der Waals surface area contributed by atoms with Crippen LogP contribution < -0.4 is 15.2 Å². The summed E-state index contributed by atoms with van der Waals surface area (Å²) in [5.41, 5.74) is 7.03. The van der Waals surface area contributed by atoms with Crippen LogP contribution in [0.25, 0.3) is 0 Å². The van der Waals surface area contributed by atoms with Gasteiger partial charge in [0.1, 0.15) is 11.5 Å². The van der Waals surface area contributed by atoms with E-state index in [1.54, 1.807) is 7.11 Å². The van der Waals surface area contributed by atoms with Crippen molar-refractivity contribution in [3.05, 3.63) is 21.3 Å². The Hall–Kier alpha value is -0.490. The second kappa shape index (κ2) is 3.94. The Morgan fingerprint density at radius 3 is 3.07 bits per heavy atom. The van der Waals surface area contributed by atoms with Gasteiger partial charge in [-0.1, -0.05) is 0 Å². The van der Waals surface area contributed by atoms with E-state index in [2.05, 4.69) is 22.6 Å². The summed E-state index contributed by atoms with van der Waals surface area (Å²) < 4.78 is 12.0. The summed E-state index contributed by atoms with van der Waals surface area (Å²) in [5.74, 6) is 1.72. The van der Waals surface area contributed by atoms with Gasteiger partial charge < -0.3 is 15.2 Å². The summed E-state index contributed by atoms with van der Waals surface area (Å²) in [6.45, 7) is 0.692. The summed E-state index contributed by atoms with van der Waals surface area (Å²) in [7, 11) is 1.66. The van der Waals surface area contributed by atoms with Crippen molar-refractivity contribution in [1.29, 1.82) is 0 Å². The lowest BCUT2D eigenvalue weighted by Crippen LogP contribution is -2.22. The molecule has 0 fully saturated rings. The Labute approximate surface area is 96.7 Å². The minimum Gasteiger partial charge on any atom is -0.496 e. The maximum atomic E-state index is 6.03. The predicted molar refractivity (Wildman–Crippen MR) is 62.8 cm³/mol. The fourth-order valence-electron chi connectivity index (χ4n) is 1.66. The lowest BCUT2D eigenvalue weighted by atomic mass is 10.0. The summed E-state index contributed by atoms with van der Waals surface area (Å²) in [4.78, 5) is 0. The highest BCUT2D eigenvalue weighted by atomic mass is 127. The van der Waals surface area contributed by atoms with Gasteiger partial charge in [-0.2, -0.15) is 0 Å². The Bertz CT molecular complexity index is 354. The number of halogens is 1. The number of fused-ring (bicyclic) bond motifs is 1. The summed E-state index contributed by atoms with van der Waals surface area (Å²) in [5, 5.41) is 0. The molecule has 0 aliphatic carbocycles. The molecule has 4 heteroatoms. The fraction of sp³-hybridized carbons (Fsp3) is 0.400. The first kappa shape index (κ1) is 10.0. The number of hydrogen-bond acceptors (Lipinski definition) is 3. The van der Waals surface area contributed by atoms with E-state index >= 15 is 0 Å². The molecule has 0 aromatic heterocycles. The lowest BCUT2D eigenvalue weighted by molar-refractivity contribution is 0.260. The maximum absolute atomic E-state index is 6.03. The van der Waals surface area contributed by atoms with E-state index < -0.39 is 0 Å². The van der Waals surface area contributed by atoms with Crippen LogP contribution >= 0.6 is 22.6 Å². The maximum Gasteiger partial charge on any atom is 0.141 e. The van der Waals surface area contributed by atoms with E-state index in [0.717, 1.165) is 27.1 Å². The van der Waals surface area contributed by atoms with Crippen molar-refractivity contribution in [2.75, 3.05) is 13.7 Å². The third kappa shape index (κ3) is 1.56. The summed E-state index contributed by atoms with van der Waals surface area (Å²) in [6, 6.07) is 3.95. The van der Waals surface area contributed by atoms with Gasteiger partial charge in [0.25, 0.3) is 0 Å². The topological polar surface area (TPSA) is 44.5 Å². The average molecular weight is 305 g/mol. The molecule has 0 saturated heterocycles. The van der Waals surface area contributed by atoms with Gasteiger partial charge in [0.15, 0.2) is 0 Å². The van der Waals surface area contributed by atoms with Crippen LogP contribution in [0.1, 0.15) is 18.0 Å². The quantitative estimate of drug-likeness (QED) is 0.808. The monoisotopic (exact) mass is 305 g/mol. The predicted octanol–water partition coefficient (Wildman–Crippen LogP) is 2.08. The highest BCUT2D eigenvalue weighted by Gasteiger charge is 2.24. The van der Waals surface area contributed by atoms with E-state index in [-0.39, 0.29) is 6.04 Å². The van der Waals surface area contributed by atoms with Crippen molar-refractivity contribution >= 4 is 22.6 Å². The molecule has 14 heavy (non-hydrogen) atoms. The zero-order valence-electron chi connectivity index (χ0n) is 7.92. The molecular formula is C10H12INO2. The molecule has 0 bridgehead atoms. The van der Waals surface area contributed by atoms with Crippen LogP contribution in [0.3, 0.4) is 0 Å². The molecule has 0 radical (unpaired) electrons. The molecular weight excluding hydrogens is 293 g/mol. The second-order valence-electron chi connectivity index (χ2n) is 3.24. The second-order valence-corrected chi connectivity index (χ2v) is 4.40. The molecule has 76 valence electrons. The van der Waals surface area contributed by atoms with Crippen molar-refractivity contribution in [2.45, 2.75) is 12.5 Å². The summed E-state index contributed by atoms with van der Waals surface area (Å²) in [6.07, 6.45) is 0.851. The van der Waals surface area contributed by atoms with Crippen LogP contribution in [0.4, 0.5) is 0 Å². The Balaban J connectivity index is 2.58. The zero-order chi connectivity index (χ0) is 10.1. The zero-order valence-corrected chi connectivity index (χ0v) is 10.1. The number of ether oxygens (including phenoxy) is 2. The minimum absolute atomic E-state index is 0.0309. The van der Waals surface area contributed by atoms with Crippen molar-refractivity contribution in [1.82, 2.24) is 0 Å². The molecule has 2 rings (SSSR count). The first-order valence-electron chi connectivity index (χ1n) is 4.49. The minimum atomic E-state index is 0.0309. The molecule has 1 aliphatic rings. The van der Waals surface area contributed by atoms with Crippen molar-refractivity contribution < 1.29 is 9.47 Å². The molecule has 0 spiro atoms. The van der Waals surface area contributed by atoms with Crippen LogP contribution in [0.2, 0.25) is 0 Å². The molecule has 3 nitrogen and oxygen atoms in total. The van der Waals surface area contributed by atoms with Crippen LogP contribution in [0.15, 0.2) is 12.1 Å². The van der Waals surface area contributed by atoms with Crippen LogP contribution in [-0.4, -0.2) is 13.7 Å². The molecule has 1 atom stereocenters. The van der Waals surface area contributed by atoms with Crippen molar-refractivity contribution in [2.24, 2.45) is 5.73 Å². The fourth-order valence-corrected chi connectivity index (χ4v) is 2.29. The molecule has 1 heterocycles. The molecule has 2 N–H and O–H groups in total. The Kier molecular flexibility index (Phi) is 2.83. The third-order valence-corrected chi connectivity index (χ3v) is 3.22. The van der Waals surface area contributed by atoms with Crippen LogP contribution in [0.5, 0.6) is 11.5 Å². The first-order chi connectivity index (χ1) is 6.74. The highest BCUT2D eigenvalue weighted by Crippen LogP contribution is 2.40. The van der Waals surface area contributed by atoms with Gasteiger partial charge in [0, 0.05) is 12.5 Å². The van der Waals surface area contributed by atoms with E-state index in [1.165, 1.54) is 0 Å². The van der Waals surface area contributed by atoms with Crippen LogP contribution in [0, 0.1) is 3.57 Å². The van der Waals surface area contributed by atoms with E-state index in [1.807, 2.05) is 12.1 Å². The van der Waals surface area contributed by atoms with Crippen molar-refractivity contribution in [3.8, 4) is 11.5 Å². The van der Waals surface area contributed by atoms with E-state index in [9.17, 15) is 0 Å². The Morgan fingerprint density at radius 1 is 1.57 bits per heavy atom. The molecule has 1 aromatic carbocycles. The molecule has 0 saturated carbocycles. The van der Waals surface area contributed by atoms with Gasteiger partial charge in [-0.05, 0) is 34.7 Å². The molecule has 0 amide bonds. The van der Waals surface area contributed by atoms with Crippen LogP contribution in [-0.2, 0) is 0 Å². The van der Waals surface area contributed by atoms with Gasteiger partial charge in [-0.25, -0.2) is 0 Å². The number of rotatable bonds is 1. The SMILES string of the molecule is COc1ccc(I)c2c1C(N)CCO2. The van der Waals surface area contributed by atoms with Gasteiger partial charge in [0.2, 0.25) is 0 Å². The van der Waals surface area contributed by atoms with Gasteiger partial charge in [0.05, 0.1) is 22.9 Å². The molecule has 1 aliphatic heterocycles. The number of benzene rings is 1. The number of hydrogen-bond donors (Lipinski definition) is 1. The molecule has 1 unspecified atom stereocenters. The van der Waals surface area contributed by atoms with Gasteiger partial charge in [-0.15, -0.1) is 0 Å². The van der Waals surface area contributed by atoms with E-state index in [4.69, 9.17) is 15.2 Å². The van der Waals surface area contributed by atoms with Crippen molar-refractivity contribution in [3.63, 3.8) is 0 Å². The average Bonchev–Trinajstić information content (AvgIpc) is 2.20. The van der Waals surface area contributed by atoms with E-state index in [0.29, 0.717) is 6.61 Å². The lowest BCUT2D eigenvalue weighted by Gasteiger charge is -2.25. The first-order valence-corrected chi connectivity index (χ1v) is 5.56. The number of nitrogens with two attached hydrogens (primary N) is 1. The standard InChI is InChI=1S/C10H12INO2/c1-13-8-3-2-6(11)10-9(8)7(12)4-5-14-10/h2-3,7H,4-5,12H2,1H3. The summed E-state index contributed by atoms with van der Waals surface area (Å²) >= 11 is 2.25. The number of methoxy groups -OCH3 is 1. The largest absolute Gasteiger partial charge is 0.496 e. The molecule has 1 aromatic rings. The smallest absolute Gasteiger partial charge is 0.141 e. The van der Waals surface area contributed by atoms with Gasteiger partial charge in [-0.3, -0.25) is 0 Å². The van der Waals surface area contributed by atoms with Gasteiger partial charge >= 0.3 is 0 Å². The normalized spacial score (nSPS) is 19.8. The third-order valence-electron chi connectivity index (χ3n) is 2.37. The highest BCUT2D eigenvalue weighted by molar-refractivity contribution is 14.1.